The number of piperidine rings is 1. The SMILES string of the molecule is CN1CCCC(NC(=O)c2ncccc2O)C1. The Morgan fingerprint density at radius 3 is 3.18 bits per heavy atom. The largest absolute Gasteiger partial charge is 0.505 e. The molecule has 0 aromatic carbocycles. The number of amides is 1. The van der Waals surface area contributed by atoms with E-state index in [0.717, 1.165) is 25.9 Å². The summed E-state index contributed by atoms with van der Waals surface area (Å²) < 4.78 is 0. The molecular formula is C12H17N3O2. The van der Waals surface area contributed by atoms with Crippen molar-refractivity contribution >= 4 is 5.91 Å². The molecule has 2 heterocycles. The summed E-state index contributed by atoms with van der Waals surface area (Å²) in [5, 5.41) is 12.4. The summed E-state index contributed by atoms with van der Waals surface area (Å²) >= 11 is 0. The fourth-order valence-electron chi connectivity index (χ4n) is 2.11. The quantitative estimate of drug-likeness (QED) is 0.788. The van der Waals surface area contributed by atoms with E-state index >= 15 is 0 Å². The molecule has 1 aromatic rings. The molecule has 1 unspecified atom stereocenters. The molecule has 0 bridgehead atoms. The molecule has 2 rings (SSSR count). The highest BCUT2D eigenvalue weighted by Gasteiger charge is 2.21. The van der Waals surface area contributed by atoms with Crippen LogP contribution in [0.15, 0.2) is 18.3 Å². The molecule has 1 aliphatic rings. The van der Waals surface area contributed by atoms with E-state index in [9.17, 15) is 9.90 Å². The summed E-state index contributed by atoms with van der Waals surface area (Å²) in [5.74, 6) is -0.377. The van der Waals surface area contributed by atoms with Gasteiger partial charge in [-0.25, -0.2) is 4.98 Å². The summed E-state index contributed by atoms with van der Waals surface area (Å²) in [6.45, 7) is 1.92. The summed E-state index contributed by atoms with van der Waals surface area (Å²) in [6, 6.07) is 3.21. The first kappa shape index (κ1) is 11.9. The maximum Gasteiger partial charge on any atom is 0.273 e. The lowest BCUT2D eigenvalue weighted by Crippen LogP contribution is -2.46. The predicted octanol–water partition coefficient (Wildman–Crippen LogP) is 0.611. The van der Waals surface area contributed by atoms with Crippen LogP contribution < -0.4 is 5.32 Å². The highest BCUT2D eigenvalue weighted by molar-refractivity contribution is 5.94. The van der Waals surface area contributed by atoms with E-state index in [2.05, 4.69) is 15.2 Å². The van der Waals surface area contributed by atoms with Crippen LogP contribution in [-0.4, -0.2) is 47.1 Å². The molecule has 0 saturated carbocycles. The first-order chi connectivity index (χ1) is 8.16. The van der Waals surface area contributed by atoms with Gasteiger partial charge in [-0.2, -0.15) is 0 Å². The van der Waals surface area contributed by atoms with Gasteiger partial charge in [0, 0.05) is 18.8 Å². The predicted molar refractivity (Wildman–Crippen MR) is 63.9 cm³/mol. The molecule has 92 valence electrons. The van der Waals surface area contributed by atoms with Crippen LogP contribution in [0, 0.1) is 0 Å². The fourth-order valence-corrected chi connectivity index (χ4v) is 2.11. The van der Waals surface area contributed by atoms with Crippen molar-refractivity contribution in [3.05, 3.63) is 24.0 Å². The molecule has 1 aromatic heterocycles. The van der Waals surface area contributed by atoms with E-state index in [1.165, 1.54) is 12.3 Å². The zero-order valence-corrected chi connectivity index (χ0v) is 9.89. The number of nitrogens with zero attached hydrogens (tertiary/aromatic N) is 2. The number of hydrogen-bond acceptors (Lipinski definition) is 4. The minimum Gasteiger partial charge on any atom is -0.505 e. The highest BCUT2D eigenvalue weighted by atomic mass is 16.3. The van der Waals surface area contributed by atoms with Crippen molar-refractivity contribution in [1.29, 1.82) is 0 Å². The first-order valence-electron chi connectivity index (χ1n) is 5.80. The lowest BCUT2D eigenvalue weighted by atomic mass is 10.1. The lowest BCUT2D eigenvalue weighted by Gasteiger charge is -2.30. The Kier molecular flexibility index (Phi) is 3.58. The molecule has 1 atom stereocenters. The number of carbonyl (C=O) groups is 1. The van der Waals surface area contributed by atoms with E-state index in [-0.39, 0.29) is 23.4 Å². The third kappa shape index (κ3) is 2.94. The third-order valence-electron chi connectivity index (χ3n) is 2.96. The van der Waals surface area contributed by atoms with Gasteiger partial charge in [-0.1, -0.05) is 0 Å². The van der Waals surface area contributed by atoms with Crippen molar-refractivity contribution in [3.63, 3.8) is 0 Å². The third-order valence-corrected chi connectivity index (χ3v) is 2.96. The average molecular weight is 235 g/mol. The monoisotopic (exact) mass is 235 g/mol. The second kappa shape index (κ2) is 5.14. The van der Waals surface area contributed by atoms with Crippen LogP contribution >= 0.6 is 0 Å². The second-order valence-corrected chi connectivity index (χ2v) is 4.45. The molecule has 5 nitrogen and oxygen atoms in total. The fraction of sp³-hybridized carbons (Fsp3) is 0.500. The number of carbonyl (C=O) groups excluding carboxylic acids is 1. The van der Waals surface area contributed by atoms with Crippen LogP contribution in [0.3, 0.4) is 0 Å². The number of likely N-dealkylation sites (tertiary alicyclic amines) is 1. The number of pyridine rings is 1. The number of nitrogens with one attached hydrogen (secondary N) is 1. The second-order valence-electron chi connectivity index (χ2n) is 4.45. The van der Waals surface area contributed by atoms with Crippen molar-refractivity contribution in [1.82, 2.24) is 15.2 Å². The number of aromatic hydroxyl groups is 1. The van der Waals surface area contributed by atoms with Crippen LogP contribution in [-0.2, 0) is 0 Å². The van der Waals surface area contributed by atoms with Crippen molar-refractivity contribution in [3.8, 4) is 5.75 Å². The zero-order chi connectivity index (χ0) is 12.3. The lowest BCUT2D eigenvalue weighted by molar-refractivity contribution is 0.0904. The van der Waals surface area contributed by atoms with E-state index in [0.29, 0.717) is 0 Å². The Morgan fingerprint density at radius 2 is 2.47 bits per heavy atom. The Balaban J connectivity index is 1.99. The number of rotatable bonds is 2. The minimum atomic E-state index is -0.302. The Bertz CT molecular complexity index is 408. The molecule has 2 N–H and O–H groups in total. The van der Waals surface area contributed by atoms with E-state index in [1.54, 1.807) is 6.07 Å². The number of aromatic nitrogens is 1. The minimum absolute atomic E-state index is 0.0748. The van der Waals surface area contributed by atoms with Crippen LogP contribution in [0.4, 0.5) is 0 Å². The molecule has 1 aliphatic heterocycles. The molecule has 17 heavy (non-hydrogen) atoms. The van der Waals surface area contributed by atoms with Gasteiger partial charge in [-0.15, -0.1) is 0 Å². The molecular weight excluding hydrogens is 218 g/mol. The van der Waals surface area contributed by atoms with Crippen molar-refractivity contribution < 1.29 is 9.90 Å². The number of likely N-dealkylation sites (N-methyl/N-ethyl adjacent to an activating group) is 1. The van der Waals surface area contributed by atoms with Crippen LogP contribution in [0.1, 0.15) is 23.3 Å². The molecule has 5 heteroatoms. The van der Waals surface area contributed by atoms with Gasteiger partial charge in [0.15, 0.2) is 5.69 Å². The van der Waals surface area contributed by atoms with Crippen LogP contribution in [0.25, 0.3) is 0 Å². The van der Waals surface area contributed by atoms with Gasteiger partial charge >= 0.3 is 0 Å². The van der Waals surface area contributed by atoms with Crippen molar-refractivity contribution in [2.75, 3.05) is 20.1 Å². The highest BCUT2D eigenvalue weighted by Crippen LogP contribution is 2.14. The van der Waals surface area contributed by atoms with Crippen molar-refractivity contribution in [2.45, 2.75) is 18.9 Å². The van der Waals surface area contributed by atoms with Crippen LogP contribution in [0.2, 0.25) is 0 Å². The van der Waals surface area contributed by atoms with Crippen molar-refractivity contribution in [2.24, 2.45) is 0 Å². The molecule has 1 amide bonds. The Labute approximate surface area is 100 Å². The average Bonchev–Trinajstić information content (AvgIpc) is 2.29. The molecule has 0 spiro atoms. The van der Waals surface area contributed by atoms with Gasteiger partial charge in [0.2, 0.25) is 0 Å². The van der Waals surface area contributed by atoms with Gasteiger partial charge in [-0.3, -0.25) is 4.79 Å². The summed E-state index contributed by atoms with van der Waals surface area (Å²) in [6.07, 6.45) is 3.56. The Morgan fingerprint density at radius 1 is 1.65 bits per heavy atom. The molecule has 0 radical (unpaired) electrons. The zero-order valence-electron chi connectivity index (χ0n) is 9.89. The number of hydrogen-bond donors (Lipinski definition) is 2. The van der Waals surface area contributed by atoms with Gasteiger partial charge < -0.3 is 15.3 Å². The maximum absolute atomic E-state index is 11.9. The smallest absolute Gasteiger partial charge is 0.273 e. The van der Waals surface area contributed by atoms with E-state index in [1.807, 2.05) is 7.05 Å². The Hall–Kier alpha value is -1.62. The molecule has 1 saturated heterocycles. The first-order valence-corrected chi connectivity index (χ1v) is 5.80. The van der Waals surface area contributed by atoms with E-state index < -0.39 is 0 Å². The van der Waals surface area contributed by atoms with Gasteiger partial charge in [0.05, 0.1) is 0 Å². The van der Waals surface area contributed by atoms with Gasteiger partial charge in [0.1, 0.15) is 5.75 Å². The van der Waals surface area contributed by atoms with Crippen LogP contribution in [0.5, 0.6) is 5.75 Å². The summed E-state index contributed by atoms with van der Waals surface area (Å²) in [5.41, 5.74) is 0.0979. The summed E-state index contributed by atoms with van der Waals surface area (Å²) in [7, 11) is 2.04. The van der Waals surface area contributed by atoms with E-state index in [4.69, 9.17) is 0 Å². The van der Waals surface area contributed by atoms with Gasteiger partial charge in [-0.05, 0) is 38.6 Å². The standard InChI is InChI=1S/C12H17N3O2/c1-15-7-3-4-9(8-15)14-12(17)11-10(16)5-2-6-13-11/h2,5-6,9,16H,3-4,7-8H2,1H3,(H,14,17). The molecule has 1 fully saturated rings. The maximum atomic E-state index is 11.9. The molecule has 0 aliphatic carbocycles. The topological polar surface area (TPSA) is 65.5 Å². The normalized spacial score (nSPS) is 21.1. The van der Waals surface area contributed by atoms with Gasteiger partial charge in [0.25, 0.3) is 5.91 Å². The summed E-state index contributed by atoms with van der Waals surface area (Å²) in [4.78, 5) is 18.0.